The molecule has 0 saturated heterocycles. The van der Waals surface area contributed by atoms with Crippen LogP contribution in [0.3, 0.4) is 0 Å². The van der Waals surface area contributed by atoms with Crippen LogP contribution in [-0.4, -0.2) is 38.1 Å². The molecule has 1 aliphatic rings. The first-order valence-electron chi connectivity index (χ1n) is 6.41. The minimum atomic E-state index is -0.0471. The van der Waals surface area contributed by atoms with E-state index in [1.807, 2.05) is 0 Å². The normalized spacial score (nSPS) is 25.8. The van der Waals surface area contributed by atoms with E-state index >= 15 is 0 Å². The summed E-state index contributed by atoms with van der Waals surface area (Å²) in [6.07, 6.45) is 5.54. The summed E-state index contributed by atoms with van der Waals surface area (Å²) in [5.41, 5.74) is 0. The molecule has 0 unspecified atom stereocenters. The molecule has 0 amide bonds. The van der Waals surface area contributed by atoms with Crippen LogP contribution in [0.2, 0.25) is 0 Å². The van der Waals surface area contributed by atoms with Gasteiger partial charge in [0.25, 0.3) is 0 Å². The van der Waals surface area contributed by atoms with Crippen molar-refractivity contribution in [3.8, 4) is 0 Å². The van der Waals surface area contributed by atoms with Gasteiger partial charge in [-0.2, -0.15) is 0 Å². The molecule has 1 fully saturated rings. The topological polar surface area (TPSA) is 29.5 Å². The Balaban J connectivity index is 2.20. The number of esters is 1. The van der Waals surface area contributed by atoms with Crippen molar-refractivity contribution in [1.29, 1.82) is 0 Å². The molecule has 0 aliphatic heterocycles. The lowest BCUT2D eigenvalue weighted by Gasteiger charge is -2.30. The smallest absolute Gasteiger partial charge is 0.305 e. The van der Waals surface area contributed by atoms with Gasteiger partial charge in [0.2, 0.25) is 0 Å². The van der Waals surface area contributed by atoms with Gasteiger partial charge in [0, 0.05) is 13.0 Å². The average Bonchev–Trinajstić information content (AvgIpc) is 2.31. The SMILES string of the molecule is CCN(C)CC1CCC(CC(=O)OC)CC1. The Hall–Kier alpha value is -0.570. The van der Waals surface area contributed by atoms with E-state index in [1.54, 1.807) is 0 Å². The van der Waals surface area contributed by atoms with E-state index in [0.29, 0.717) is 12.3 Å². The first-order chi connectivity index (χ1) is 7.65. The Kier molecular flexibility index (Phi) is 5.81. The van der Waals surface area contributed by atoms with Gasteiger partial charge in [0.05, 0.1) is 7.11 Å². The first-order valence-corrected chi connectivity index (χ1v) is 6.41. The second-order valence-electron chi connectivity index (χ2n) is 5.02. The number of carbonyl (C=O) groups is 1. The third-order valence-electron chi connectivity index (χ3n) is 3.76. The number of methoxy groups -OCH3 is 1. The molecule has 1 saturated carbocycles. The number of rotatable bonds is 5. The zero-order valence-corrected chi connectivity index (χ0v) is 10.9. The summed E-state index contributed by atoms with van der Waals surface area (Å²) in [5.74, 6) is 1.35. The standard InChI is InChI=1S/C13H25NO2/c1-4-14(2)10-12-7-5-11(6-8-12)9-13(15)16-3/h11-12H,4-10H2,1-3H3. The maximum Gasteiger partial charge on any atom is 0.305 e. The minimum absolute atomic E-state index is 0.0471. The molecule has 0 spiro atoms. The van der Waals surface area contributed by atoms with Crippen LogP contribution in [0.4, 0.5) is 0 Å². The van der Waals surface area contributed by atoms with Crippen molar-refractivity contribution in [2.45, 2.75) is 39.0 Å². The lowest BCUT2D eigenvalue weighted by atomic mass is 9.80. The fourth-order valence-corrected chi connectivity index (χ4v) is 2.51. The Morgan fingerprint density at radius 2 is 1.81 bits per heavy atom. The molecule has 0 aromatic carbocycles. The molecule has 1 aliphatic carbocycles. The molecular formula is C13H25NO2. The second kappa shape index (κ2) is 6.89. The Morgan fingerprint density at radius 1 is 1.25 bits per heavy atom. The van der Waals surface area contributed by atoms with E-state index in [9.17, 15) is 4.79 Å². The number of hydrogen-bond donors (Lipinski definition) is 0. The Morgan fingerprint density at radius 3 is 2.31 bits per heavy atom. The minimum Gasteiger partial charge on any atom is -0.469 e. The van der Waals surface area contributed by atoms with Gasteiger partial charge in [0.15, 0.2) is 0 Å². The molecule has 0 N–H and O–H groups in total. The highest BCUT2D eigenvalue weighted by Gasteiger charge is 2.23. The van der Waals surface area contributed by atoms with Crippen LogP contribution in [0.15, 0.2) is 0 Å². The zero-order chi connectivity index (χ0) is 12.0. The molecule has 0 atom stereocenters. The maximum atomic E-state index is 11.2. The van der Waals surface area contributed by atoms with Crippen LogP contribution in [0, 0.1) is 11.8 Å². The maximum absolute atomic E-state index is 11.2. The van der Waals surface area contributed by atoms with Crippen LogP contribution in [0.1, 0.15) is 39.0 Å². The van der Waals surface area contributed by atoms with E-state index < -0.39 is 0 Å². The number of nitrogens with zero attached hydrogens (tertiary/aromatic N) is 1. The van der Waals surface area contributed by atoms with E-state index in [2.05, 4.69) is 18.9 Å². The molecular weight excluding hydrogens is 202 g/mol. The highest BCUT2D eigenvalue weighted by molar-refractivity contribution is 5.69. The molecule has 0 bridgehead atoms. The van der Waals surface area contributed by atoms with E-state index in [-0.39, 0.29) is 5.97 Å². The van der Waals surface area contributed by atoms with Crippen molar-refractivity contribution < 1.29 is 9.53 Å². The largest absolute Gasteiger partial charge is 0.469 e. The highest BCUT2D eigenvalue weighted by Crippen LogP contribution is 2.31. The quantitative estimate of drug-likeness (QED) is 0.675. The zero-order valence-electron chi connectivity index (χ0n) is 10.9. The first kappa shape index (κ1) is 13.5. The third-order valence-corrected chi connectivity index (χ3v) is 3.76. The monoisotopic (exact) mass is 227 g/mol. The fraction of sp³-hybridized carbons (Fsp3) is 0.923. The molecule has 16 heavy (non-hydrogen) atoms. The predicted octanol–water partition coefficient (Wildman–Crippen LogP) is 2.31. The van der Waals surface area contributed by atoms with Crippen molar-refractivity contribution >= 4 is 5.97 Å². The van der Waals surface area contributed by atoms with Gasteiger partial charge in [-0.1, -0.05) is 6.92 Å². The Bertz CT molecular complexity index is 210. The lowest BCUT2D eigenvalue weighted by Crippen LogP contribution is -2.28. The van der Waals surface area contributed by atoms with E-state index in [4.69, 9.17) is 4.74 Å². The molecule has 94 valence electrons. The highest BCUT2D eigenvalue weighted by atomic mass is 16.5. The number of hydrogen-bond acceptors (Lipinski definition) is 3. The molecule has 0 heterocycles. The summed E-state index contributed by atoms with van der Waals surface area (Å²) < 4.78 is 4.71. The molecule has 3 heteroatoms. The van der Waals surface area contributed by atoms with Gasteiger partial charge in [-0.3, -0.25) is 4.79 Å². The van der Waals surface area contributed by atoms with Crippen LogP contribution in [-0.2, 0) is 9.53 Å². The van der Waals surface area contributed by atoms with Gasteiger partial charge in [-0.05, 0) is 51.1 Å². The van der Waals surface area contributed by atoms with Crippen molar-refractivity contribution in [3.05, 3.63) is 0 Å². The van der Waals surface area contributed by atoms with E-state index in [1.165, 1.54) is 39.3 Å². The molecule has 1 rings (SSSR count). The number of ether oxygens (including phenoxy) is 1. The summed E-state index contributed by atoms with van der Waals surface area (Å²) in [7, 11) is 3.66. The summed E-state index contributed by atoms with van der Waals surface area (Å²) in [6, 6.07) is 0. The summed E-state index contributed by atoms with van der Waals surface area (Å²) in [5, 5.41) is 0. The second-order valence-corrected chi connectivity index (χ2v) is 5.02. The van der Waals surface area contributed by atoms with Gasteiger partial charge >= 0.3 is 5.97 Å². The van der Waals surface area contributed by atoms with Crippen molar-refractivity contribution in [2.24, 2.45) is 11.8 Å². The van der Waals surface area contributed by atoms with Crippen LogP contribution in [0.5, 0.6) is 0 Å². The van der Waals surface area contributed by atoms with E-state index in [0.717, 1.165) is 12.5 Å². The van der Waals surface area contributed by atoms with Crippen LogP contribution in [0.25, 0.3) is 0 Å². The molecule has 0 radical (unpaired) electrons. The van der Waals surface area contributed by atoms with Crippen LogP contribution < -0.4 is 0 Å². The van der Waals surface area contributed by atoms with Gasteiger partial charge in [-0.25, -0.2) is 0 Å². The Labute approximate surface area is 99.1 Å². The van der Waals surface area contributed by atoms with Crippen LogP contribution >= 0.6 is 0 Å². The van der Waals surface area contributed by atoms with Gasteiger partial charge < -0.3 is 9.64 Å². The molecule has 0 aromatic rings. The van der Waals surface area contributed by atoms with Crippen molar-refractivity contribution in [2.75, 3.05) is 27.2 Å². The molecule has 0 aromatic heterocycles. The number of carbonyl (C=O) groups excluding carboxylic acids is 1. The molecule has 3 nitrogen and oxygen atoms in total. The predicted molar refractivity (Wildman–Crippen MR) is 65.3 cm³/mol. The summed E-state index contributed by atoms with van der Waals surface area (Å²) in [6.45, 7) is 4.53. The summed E-state index contributed by atoms with van der Waals surface area (Å²) in [4.78, 5) is 13.5. The average molecular weight is 227 g/mol. The summed E-state index contributed by atoms with van der Waals surface area (Å²) >= 11 is 0. The van der Waals surface area contributed by atoms with Gasteiger partial charge in [-0.15, -0.1) is 0 Å². The fourth-order valence-electron chi connectivity index (χ4n) is 2.51. The van der Waals surface area contributed by atoms with Crippen molar-refractivity contribution in [3.63, 3.8) is 0 Å². The lowest BCUT2D eigenvalue weighted by molar-refractivity contribution is -0.142. The third kappa shape index (κ3) is 4.52. The van der Waals surface area contributed by atoms with Gasteiger partial charge in [0.1, 0.15) is 0 Å². The van der Waals surface area contributed by atoms with Crippen molar-refractivity contribution in [1.82, 2.24) is 4.90 Å².